The lowest BCUT2D eigenvalue weighted by Crippen LogP contribution is -2.39. The zero-order chi connectivity index (χ0) is 49.7. The van der Waals surface area contributed by atoms with E-state index >= 15 is 0 Å². The first-order valence-corrected chi connectivity index (χ1v) is 27.5. The maximum Gasteiger partial charge on any atom is 0.236 e. The molecule has 16 nitrogen and oxygen atoms in total. The molecule has 0 bridgehead atoms. The van der Waals surface area contributed by atoms with Crippen LogP contribution in [0.1, 0.15) is 93.4 Å². The molecule has 0 spiro atoms. The second-order valence-electron chi connectivity index (χ2n) is 18.9. The summed E-state index contributed by atoms with van der Waals surface area (Å²) in [6.07, 6.45) is 12.8. The third-order valence-electron chi connectivity index (χ3n) is 12.9. The van der Waals surface area contributed by atoms with Crippen molar-refractivity contribution in [2.24, 2.45) is 5.92 Å². The zero-order valence-electron chi connectivity index (χ0n) is 39.9. The SMILES string of the molecule is CC(C)(c1ccc(OCc2ccnc(NS(=O)(=O)CC3CCCN(c4ncc(C(C)(C)c5ccc(OCc6ccnc(NS(C)(=O)=O)n6)cc5)cc4Cl)C3)n2)cc1)c1cnc(N2CCCCC2)c(Cl)c1. The molecule has 0 saturated carbocycles. The number of halogens is 2. The largest absolute Gasteiger partial charge is 0.487 e. The van der Waals surface area contributed by atoms with E-state index in [2.05, 4.69) is 66.9 Å². The van der Waals surface area contributed by atoms with Crippen LogP contribution in [0.2, 0.25) is 10.0 Å². The normalized spacial score (nSPS) is 15.9. The maximum atomic E-state index is 13.5. The summed E-state index contributed by atoms with van der Waals surface area (Å²) in [5.74, 6) is 2.36. The Hall–Kier alpha value is -5.82. The van der Waals surface area contributed by atoms with Crippen LogP contribution in [0.3, 0.4) is 0 Å². The monoisotopic (exact) mass is 1030 g/mol. The molecule has 2 aliphatic rings. The van der Waals surface area contributed by atoms with Crippen molar-refractivity contribution in [2.75, 3.05) is 57.4 Å². The highest BCUT2D eigenvalue weighted by Crippen LogP contribution is 2.38. The standard InChI is InChI=1S/C50H58Cl2N10O6S2/c1-49(2,37-26-43(51)45(55-28-37)61-23-7-6-8-24-61)35-11-17-42(18-12-35)68-32-40-20-22-54-48(58-40)60-70(65,66)33-34-10-9-25-62(30-34)46-44(52)27-38(29-56-46)50(3,4)36-13-15-41(16-14-36)67-31-39-19-21-53-47(57-39)59-69(5,63)64/h11-22,26-29,34H,6-10,23-25,30-33H2,1-5H3,(H,53,57,59)(H,54,58,60). The van der Waals surface area contributed by atoms with E-state index in [0.717, 1.165) is 73.1 Å². The van der Waals surface area contributed by atoms with E-state index < -0.39 is 25.5 Å². The number of sulfonamides is 2. The summed E-state index contributed by atoms with van der Waals surface area (Å²) in [5.41, 5.74) is 4.21. The first-order chi connectivity index (χ1) is 33.3. The van der Waals surface area contributed by atoms with Gasteiger partial charge < -0.3 is 19.3 Å². The highest BCUT2D eigenvalue weighted by atomic mass is 35.5. The highest BCUT2D eigenvalue weighted by molar-refractivity contribution is 7.92. The Morgan fingerprint density at radius 2 is 1.09 bits per heavy atom. The van der Waals surface area contributed by atoms with Crippen LogP contribution < -0.4 is 28.7 Å². The van der Waals surface area contributed by atoms with Gasteiger partial charge >= 0.3 is 0 Å². The number of pyridine rings is 2. The van der Waals surface area contributed by atoms with Gasteiger partial charge in [-0.15, -0.1) is 0 Å². The fourth-order valence-corrected chi connectivity index (χ4v) is 11.2. The molecule has 4 aromatic heterocycles. The molecular formula is C50H58Cl2N10O6S2. The molecule has 2 aliphatic heterocycles. The van der Waals surface area contributed by atoms with Gasteiger partial charge in [-0.05, 0) is 109 Å². The number of hydrogen-bond acceptors (Lipinski definition) is 14. The second kappa shape index (κ2) is 21.3. The topological polar surface area (TPSA) is 195 Å². The Morgan fingerprint density at radius 3 is 1.57 bits per heavy atom. The van der Waals surface area contributed by atoms with Gasteiger partial charge in [0, 0.05) is 61.8 Å². The number of piperidine rings is 2. The van der Waals surface area contributed by atoms with Crippen LogP contribution >= 0.6 is 23.2 Å². The lowest BCUT2D eigenvalue weighted by Gasteiger charge is -2.34. The van der Waals surface area contributed by atoms with Crippen molar-refractivity contribution in [2.45, 2.75) is 83.8 Å². The predicted octanol–water partition coefficient (Wildman–Crippen LogP) is 9.19. The van der Waals surface area contributed by atoms with E-state index in [1.54, 1.807) is 12.1 Å². The van der Waals surface area contributed by atoms with Crippen molar-refractivity contribution in [3.05, 3.63) is 141 Å². The van der Waals surface area contributed by atoms with Crippen LogP contribution in [-0.2, 0) is 44.1 Å². The van der Waals surface area contributed by atoms with Crippen LogP contribution in [0.4, 0.5) is 23.5 Å². The van der Waals surface area contributed by atoms with Gasteiger partial charge in [0.25, 0.3) is 0 Å². The summed E-state index contributed by atoms with van der Waals surface area (Å²) in [5, 5.41) is 1.14. The summed E-state index contributed by atoms with van der Waals surface area (Å²) in [4.78, 5) is 30.7. The van der Waals surface area contributed by atoms with E-state index in [1.165, 1.54) is 18.8 Å². The fourth-order valence-electron chi connectivity index (χ4n) is 8.80. The van der Waals surface area contributed by atoms with E-state index in [0.29, 0.717) is 51.8 Å². The van der Waals surface area contributed by atoms with Gasteiger partial charge in [0.05, 0.1) is 33.4 Å². The first-order valence-electron chi connectivity index (χ1n) is 23.2. The summed E-state index contributed by atoms with van der Waals surface area (Å²) in [6, 6.07) is 22.8. The highest BCUT2D eigenvalue weighted by Gasteiger charge is 2.30. The third kappa shape index (κ3) is 12.7. The Kier molecular flexibility index (Phi) is 15.4. The molecule has 2 N–H and O–H groups in total. The van der Waals surface area contributed by atoms with Crippen molar-refractivity contribution in [3.63, 3.8) is 0 Å². The smallest absolute Gasteiger partial charge is 0.236 e. The molecule has 0 amide bonds. The van der Waals surface area contributed by atoms with E-state index in [1.807, 2.05) is 73.1 Å². The number of hydrogen-bond donors (Lipinski definition) is 2. The number of benzene rings is 2. The lowest BCUT2D eigenvalue weighted by molar-refractivity contribution is 0.301. The van der Waals surface area contributed by atoms with Crippen molar-refractivity contribution in [1.82, 2.24) is 29.9 Å². The number of nitrogens with one attached hydrogen (secondary N) is 2. The average Bonchev–Trinajstić information content (AvgIpc) is 3.32. The van der Waals surface area contributed by atoms with E-state index in [-0.39, 0.29) is 42.2 Å². The number of aromatic nitrogens is 6. The Labute approximate surface area is 420 Å². The fraction of sp³-hybridized carbons (Fsp3) is 0.400. The van der Waals surface area contributed by atoms with Gasteiger partial charge in [-0.1, -0.05) is 75.2 Å². The molecule has 8 rings (SSSR count). The quantitative estimate of drug-likeness (QED) is 0.0827. The molecule has 70 heavy (non-hydrogen) atoms. The zero-order valence-corrected chi connectivity index (χ0v) is 43.0. The summed E-state index contributed by atoms with van der Waals surface area (Å²) in [7, 11) is -7.33. The molecule has 6 heterocycles. The number of anilines is 4. The average molecular weight is 1030 g/mol. The number of ether oxygens (including phenoxy) is 2. The summed E-state index contributed by atoms with van der Waals surface area (Å²) in [6.45, 7) is 11.8. The molecule has 0 radical (unpaired) electrons. The number of rotatable bonds is 18. The molecule has 1 unspecified atom stereocenters. The Balaban J connectivity index is 0.827. The molecule has 2 aromatic carbocycles. The molecule has 1 atom stereocenters. The molecule has 6 aromatic rings. The summed E-state index contributed by atoms with van der Waals surface area (Å²) < 4.78 is 67.0. The minimum Gasteiger partial charge on any atom is -0.487 e. The van der Waals surface area contributed by atoms with Crippen molar-refractivity contribution < 1.29 is 26.3 Å². The van der Waals surface area contributed by atoms with Gasteiger partial charge in [0.15, 0.2) is 0 Å². The maximum absolute atomic E-state index is 13.5. The van der Waals surface area contributed by atoms with Crippen LogP contribution in [0.15, 0.2) is 97.6 Å². The van der Waals surface area contributed by atoms with Crippen molar-refractivity contribution in [1.29, 1.82) is 0 Å². The van der Waals surface area contributed by atoms with Gasteiger partial charge in [-0.25, -0.2) is 46.7 Å². The molecule has 20 heteroatoms. The lowest BCUT2D eigenvalue weighted by atomic mass is 9.79. The summed E-state index contributed by atoms with van der Waals surface area (Å²) >= 11 is 13.7. The first kappa shape index (κ1) is 50.6. The van der Waals surface area contributed by atoms with E-state index in [9.17, 15) is 16.8 Å². The molecule has 2 saturated heterocycles. The second-order valence-corrected chi connectivity index (χ2v) is 23.3. The predicted molar refractivity (Wildman–Crippen MR) is 275 cm³/mol. The van der Waals surface area contributed by atoms with Crippen molar-refractivity contribution in [3.8, 4) is 11.5 Å². The van der Waals surface area contributed by atoms with Gasteiger partial charge in [0.2, 0.25) is 31.9 Å². The van der Waals surface area contributed by atoms with E-state index in [4.69, 9.17) is 42.6 Å². The number of nitrogens with zero attached hydrogens (tertiary/aromatic N) is 8. The molecular weight excluding hydrogens is 972 g/mol. The Morgan fingerprint density at radius 1 is 0.614 bits per heavy atom. The van der Waals surface area contributed by atoms with Crippen molar-refractivity contribution >= 4 is 66.8 Å². The van der Waals surface area contributed by atoms with Gasteiger partial charge in [-0.2, -0.15) is 0 Å². The third-order valence-corrected chi connectivity index (χ3v) is 15.4. The Bertz CT molecular complexity index is 3010. The van der Waals surface area contributed by atoms with Crippen LogP contribution in [-0.4, -0.2) is 84.9 Å². The minimum absolute atomic E-state index is 0.0170. The van der Waals surface area contributed by atoms with Crippen LogP contribution in [0.5, 0.6) is 11.5 Å². The van der Waals surface area contributed by atoms with Gasteiger partial charge in [0.1, 0.15) is 36.3 Å². The molecule has 2 fully saturated rings. The molecule has 370 valence electrons. The van der Waals surface area contributed by atoms with Crippen LogP contribution in [0.25, 0.3) is 0 Å². The van der Waals surface area contributed by atoms with Gasteiger partial charge in [-0.3, -0.25) is 9.44 Å². The molecule has 0 aliphatic carbocycles. The van der Waals surface area contributed by atoms with Crippen LogP contribution in [0, 0.1) is 5.92 Å². The minimum atomic E-state index is -3.82.